The van der Waals surface area contributed by atoms with Crippen molar-refractivity contribution in [2.24, 2.45) is 10.8 Å². The molecule has 5 rings (SSSR count). The summed E-state index contributed by atoms with van der Waals surface area (Å²) in [5.74, 6) is 0. The quantitative estimate of drug-likeness (QED) is 0.535. The minimum absolute atomic E-state index is 0.531. The third-order valence-electron chi connectivity index (χ3n) is 5.15. The third kappa shape index (κ3) is 3.23. The number of aromatic amines is 1. The van der Waals surface area contributed by atoms with E-state index in [1.54, 1.807) is 5.43 Å². The highest BCUT2D eigenvalue weighted by molar-refractivity contribution is 6.14. The molecule has 0 atom stereocenters. The van der Waals surface area contributed by atoms with Crippen LogP contribution in [0.3, 0.4) is 0 Å². The highest BCUT2D eigenvalue weighted by Crippen LogP contribution is 2.34. The number of H-pyrrole nitrogens is 1. The second kappa shape index (κ2) is 7.39. The maximum Gasteiger partial charge on any atom is 0.244 e. The van der Waals surface area contributed by atoms with E-state index in [0.29, 0.717) is 6.54 Å². The average molecular weight is 379 g/mol. The highest BCUT2D eigenvalue weighted by Gasteiger charge is 2.21. The van der Waals surface area contributed by atoms with Crippen molar-refractivity contribution in [2.75, 3.05) is 0 Å². The van der Waals surface area contributed by atoms with Crippen LogP contribution in [0, 0.1) is 0 Å². The number of hydrogen-bond donors (Lipinski definition) is 2. The van der Waals surface area contributed by atoms with Crippen LogP contribution in [0.5, 0.6) is 0 Å². The van der Waals surface area contributed by atoms with Crippen LogP contribution in [-0.4, -0.2) is 10.7 Å². The standard InChI is InChI=1S/C24H19N5/c25-15-16-6-8-18(9-7-16)23-19(17-4-2-1-3-5-17)14-20-21(28-23)10-12-26-24(20)22-11-13-27-29-22/h1-14H,15,25H2,(H,27,29)/p+2. The number of nitrogens with one attached hydrogen (secondary N) is 1. The number of pyridine rings is 2. The zero-order chi connectivity index (χ0) is 19.6. The Labute approximate surface area is 168 Å². The molecular formula is C24H21N5+2. The summed E-state index contributed by atoms with van der Waals surface area (Å²) in [4.78, 5) is 8.42. The number of nitrogens with zero attached hydrogens (tertiary/aromatic N) is 2. The summed E-state index contributed by atoms with van der Waals surface area (Å²) in [6.45, 7) is 0.531. The van der Waals surface area contributed by atoms with E-state index in [2.05, 4.69) is 64.7 Å². The second-order valence-corrected chi connectivity index (χ2v) is 6.96. The van der Waals surface area contributed by atoms with Crippen LogP contribution in [0.1, 0.15) is 11.3 Å². The van der Waals surface area contributed by atoms with Crippen molar-refractivity contribution in [1.82, 2.24) is 4.98 Å². The maximum atomic E-state index is 5.77. The number of fused-ring (bicyclic) bond motifs is 1. The summed E-state index contributed by atoms with van der Waals surface area (Å²) in [7, 11) is 0. The molecule has 5 heteroatoms. The molecule has 3 heterocycles. The number of benzene rings is 2. The number of hydrogen-bond acceptors (Lipinski definition) is 3. The van der Waals surface area contributed by atoms with Gasteiger partial charge in [0.25, 0.3) is 0 Å². The van der Waals surface area contributed by atoms with Crippen molar-refractivity contribution in [2.45, 2.75) is 6.54 Å². The van der Waals surface area contributed by atoms with E-state index < -0.39 is 0 Å². The first-order chi connectivity index (χ1) is 14.3. The molecule has 2 aromatic carbocycles. The molecule has 29 heavy (non-hydrogen) atoms. The minimum Gasteiger partial charge on any atom is -0.326 e. The zero-order valence-corrected chi connectivity index (χ0v) is 15.8. The molecule has 2 aromatic heterocycles. The maximum absolute atomic E-state index is 5.77. The van der Waals surface area contributed by atoms with Gasteiger partial charge in [-0.15, -0.1) is 0 Å². The molecule has 0 saturated carbocycles. The van der Waals surface area contributed by atoms with Gasteiger partial charge in [-0.25, -0.2) is 9.97 Å². The minimum atomic E-state index is 0.531. The number of nitrogens with two attached hydrogens (primary N) is 2. The van der Waals surface area contributed by atoms with Crippen molar-refractivity contribution in [3.05, 3.63) is 96.5 Å². The van der Waals surface area contributed by atoms with E-state index in [4.69, 9.17) is 10.7 Å². The monoisotopic (exact) mass is 379 g/mol. The molecule has 0 aliphatic carbocycles. The average Bonchev–Trinajstić information content (AvgIpc) is 3.33. The Morgan fingerprint density at radius 3 is 2.48 bits per heavy atom. The Bertz CT molecular complexity index is 1240. The Balaban J connectivity index is 1.78. The van der Waals surface area contributed by atoms with Crippen molar-refractivity contribution in [3.8, 4) is 22.4 Å². The molecule has 0 amide bonds. The Morgan fingerprint density at radius 2 is 1.76 bits per heavy atom. The van der Waals surface area contributed by atoms with Gasteiger partial charge in [-0.05, 0) is 17.2 Å². The molecule has 0 radical (unpaired) electrons. The van der Waals surface area contributed by atoms with Crippen LogP contribution >= 0.6 is 0 Å². The van der Waals surface area contributed by atoms with Gasteiger partial charge in [-0.3, -0.25) is 0 Å². The Kier molecular flexibility index (Phi) is 4.44. The van der Waals surface area contributed by atoms with Gasteiger partial charge >= 0.3 is 0 Å². The smallest absolute Gasteiger partial charge is 0.244 e. The normalized spacial score (nSPS) is 13.1. The van der Waals surface area contributed by atoms with Gasteiger partial charge in [0.2, 0.25) is 5.69 Å². The second-order valence-electron chi connectivity index (χ2n) is 6.96. The van der Waals surface area contributed by atoms with E-state index in [9.17, 15) is 0 Å². The summed E-state index contributed by atoms with van der Waals surface area (Å²) in [5, 5.41) is 5.52. The van der Waals surface area contributed by atoms with Crippen LogP contribution in [-0.2, 0) is 6.54 Å². The molecular weight excluding hydrogens is 358 g/mol. The zero-order valence-electron chi connectivity index (χ0n) is 15.8. The van der Waals surface area contributed by atoms with Gasteiger partial charge in [0.1, 0.15) is 6.20 Å². The molecule has 1 aliphatic rings. The SMILES string of the molecule is NCc1ccc(-c2nc3cc[nH+]c(C4=N[NH2+]C=C4)c3cc2-c2ccccc2)cc1. The molecule has 5 nitrogen and oxygen atoms in total. The summed E-state index contributed by atoms with van der Waals surface area (Å²) < 4.78 is 0. The fourth-order valence-corrected chi connectivity index (χ4v) is 3.65. The molecule has 140 valence electrons. The summed E-state index contributed by atoms with van der Waals surface area (Å²) in [6, 6.07) is 22.9. The molecule has 4 aromatic rings. The number of allylic oxidation sites excluding steroid dienone is 1. The lowest BCUT2D eigenvalue weighted by Gasteiger charge is -2.12. The predicted molar refractivity (Wildman–Crippen MR) is 115 cm³/mol. The van der Waals surface area contributed by atoms with E-state index in [1.165, 1.54) is 0 Å². The van der Waals surface area contributed by atoms with Gasteiger partial charge in [-0.1, -0.05) is 59.7 Å². The van der Waals surface area contributed by atoms with Crippen molar-refractivity contribution < 1.29 is 10.4 Å². The lowest BCUT2D eigenvalue weighted by molar-refractivity contribution is -0.590. The molecule has 0 bridgehead atoms. The van der Waals surface area contributed by atoms with E-state index in [-0.39, 0.29) is 0 Å². The van der Waals surface area contributed by atoms with E-state index in [1.807, 2.05) is 30.6 Å². The Morgan fingerprint density at radius 1 is 0.931 bits per heavy atom. The van der Waals surface area contributed by atoms with Gasteiger partial charge in [0, 0.05) is 29.8 Å². The number of quaternary nitrogens is 1. The van der Waals surface area contributed by atoms with Gasteiger partial charge in [0.15, 0.2) is 11.9 Å². The summed E-state index contributed by atoms with van der Waals surface area (Å²) in [6.07, 6.45) is 5.87. The van der Waals surface area contributed by atoms with Crippen LogP contribution in [0.2, 0.25) is 0 Å². The summed E-state index contributed by atoms with van der Waals surface area (Å²) >= 11 is 0. The fraction of sp³-hybridized carbons (Fsp3) is 0.0417. The number of rotatable bonds is 4. The lowest BCUT2D eigenvalue weighted by atomic mass is 9.96. The lowest BCUT2D eigenvalue weighted by Crippen LogP contribution is -2.69. The number of aromatic nitrogens is 2. The highest BCUT2D eigenvalue weighted by atomic mass is 15.3. The van der Waals surface area contributed by atoms with Crippen molar-refractivity contribution in [1.29, 1.82) is 0 Å². The van der Waals surface area contributed by atoms with Crippen LogP contribution in [0.15, 0.2) is 90.3 Å². The van der Waals surface area contributed by atoms with E-state index in [0.717, 1.165) is 50.3 Å². The molecule has 1 aliphatic heterocycles. The predicted octanol–water partition coefficient (Wildman–Crippen LogP) is 2.64. The molecule has 0 fully saturated rings. The molecule has 0 spiro atoms. The topological polar surface area (TPSA) is 82.0 Å². The van der Waals surface area contributed by atoms with Crippen molar-refractivity contribution >= 4 is 16.6 Å². The summed E-state index contributed by atoms with van der Waals surface area (Å²) in [5.41, 5.74) is 15.8. The third-order valence-corrected chi connectivity index (χ3v) is 5.15. The van der Waals surface area contributed by atoms with Crippen LogP contribution in [0.25, 0.3) is 33.3 Å². The largest absolute Gasteiger partial charge is 0.326 e. The van der Waals surface area contributed by atoms with E-state index >= 15 is 0 Å². The van der Waals surface area contributed by atoms with Crippen LogP contribution < -0.4 is 16.1 Å². The van der Waals surface area contributed by atoms with Gasteiger partial charge < -0.3 is 5.73 Å². The fourth-order valence-electron chi connectivity index (χ4n) is 3.65. The molecule has 0 unspecified atom stereocenters. The first-order valence-electron chi connectivity index (χ1n) is 9.62. The first-order valence-corrected chi connectivity index (χ1v) is 9.62. The first kappa shape index (κ1) is 17.4. The molecule has 0 saturated heterocycles. The van der Waals surface area contributed by atoms with Gasteiger partial charge in [-0.2, -0.15) is 5.43 Å². The van der Waals surface area contributed by atoms with Gasteiger partial charge in [0.05, 0.1) is 16.6 Å². The van der Waals surface area contributed by atoms with Crippen LogP contribution in [0.4, 0.5) is 0 Å². The molecule has 5 N–H and O–H groups in total. The van der Waals surface area contributed by atoms with Crippen molar-refractivity contribution in [3.63, 3.8) is 0 Å². The Hall–Kier alpha value is -3.67.